The molecule has 18 heavy (non-hydrogen) atoms. The van der Waals surface area contributed by atoms with Crippen LogP contribution in [0.4, 0.5) is 0 Å². The molecule has 0 heterocycles. The number of carboxylic acid groups (broad SMARTS) is 1. The van der Waals surface area contributed by atoms with Crippen molar-refractivity contribution < 1.29 is 19.4 Å². The first-order valence-corrected chi connectivity index (χ1v) is 5.99. The molecule has 1 aromatic rings. The maximum atomic E-state index is 10.9. The summed E-state index contributed by atoms with van der Waals surface area (Å²) < 4.78 is 11.0. The number of methoxy groups -OCH3 is 1. The maximum absolute atomic E-state index is 10.9. The highest BCUT2D eigenvalue weighted by molar-refractivity contribution is 9.10. The Balaban J connectivity index is 3.19. The zero-order valence-electron chi connectivity index (χ0n) is 9.94. The SMILES string of the molecule is CCC(C#N)Oc1c(Br)cc(C(=O)O)cc1OC. The maximum Gasteiger partial charge on any atom is 0.335 e. The third-order valence-electron chi connectivity index (χ3n) is 2.25. The summed E-state index contributed by atoms with van der Waals surface area (Å²) in [6.07, 6.45) is -0.0851. The van der Waals surface area contributed by atoms with Crippen LogP contribution in [-0.2, 0) is 0 Å². The van der Waals surface area contributed by atoms with Gasteiger partial charge in [0.05, 0.1) is 17.1 Å². The van der Waals surface area contributed by atoms with Crippen molar-refractivity contribution in [2.45, 2.75) is 19.4 Å². The Morgan fingerprint density at radius 1 is 1.61 bits per heavy atom. The van der Waals surface area contributed by atoms with E-state index in [2.05, 4.69) is 15.9 Å². The van der Waals surface area contributed by atoms with Gasteiger partial charge in [0.1, 0.15) is 6.07 Å². The molecule has 0 aliphatic carbocycles. The molecular weight excluding hydrogens is 302 g/mol. The number of benzene rings is 1. The number of hydrogen-bond acceptors (Lipinski definition) is 4. The van der Waals surface area contributed by atoms with E-state index in [0.29, 0.717) is 16.6 Å². The van der Waals surface area contributed by atoms with Gasteiger partial charge in [-0.3, -0.25) is 0 Å². The number of carboxylic acids is 1. The fourth-order valence-electron chi connectivity index (χ4n) is 1.30. The molecule has 96 valence electrons. The van der Waals surface area contributed by atoms with Crippen LogP contribution in [0, 0.1) is 11.3 Å². The second-order valence-electron chi connectivity index (χ2n) is 3.44. The minimum Gasteiger partial charge on any atom is -0.493 e. The summed E-state index contributed by atoms with van der Waals surface area (Å²) in [4.78, 5) is 10.9. The summed E-state index contributed by atoms with van der Waals surface area (Å²) in [5.41, 5.74) is 0.0797. The lowest BCUT2D eigenvalue weighted by molar-refractivity contribution is 0.0696. The molecule has 0 amide bonds. The van der Waals surface area contributed by atoms with E-state index in [1.54, 1.807) is 0 Å². The predicted octanol–water partition coefficient (Wildman–Crippen LogP) is 2.84. The number of halogens is 1. The van der Waals surface area contributed by atoms with Crippen LogP contribution in [-0.4, -0.2) is 24.3 Å². The van der Waals surface area contributed by atoms with E-state index in [-0.39, 0.29) is 11.3 Å². The number of ether oxygens (including phenoxy) is 2. The van der Waals surface area contributed by atoms with Gasteiger partial charge in [-0.25, -0.2) is 4.79 Å². The van der Waals surface area contributed by atoms with E-state index in [1.165, 1.54) is 19.2 Å². The molecule has 1 atom stereocenters. The van der Waals surface area contributed by atoms with Gasteiger partial charge in [0.2, 0.25) is 0 Å². The molecule has 1 rings (SSSR count). The molecule has 0 aromatic heterocycles. The summed E-state index contributed by atoms with van der Waals surface area (Å²) in [6, 6.07) is 4.76. The van der Waals surface area contributed by atoms with Crippen molar-refractivity contribution in [3.05, 3.63) is 22.2 Å². The van der Waals surface area contributed by atoms with Crippen molar-refractivity contribution in [2.24, 2.45) is 0 Å². The number of nitrogens with zero attached hydrogens (tertiary/aromatic N) is 1. The number of hydrogen-bond donors (Lipinski definition) is 1. The van der Waals surface area contributed by atoms with E-state index in [0.717, 1.165) is 0 Å². The van der Waals surface area contributed by atoms with E-state index in [1.807, 2.05) is 13.0 Å². The number of carbonyl (C=O) groups is 1. The molecule has 1 N–H and O–H groups in total. The van der Waals surface area contributed by atoms with Gasteiger partial charge in [0.25, 0.3) is 0 Å². The predicted molar refractivity (Wildman–Crippen MR) is 68.0 cm³/mol. The first-order valence-electron chi connectivity index (χ1n) is 5.20. The average Bonchev–Trinajstić information content (AvgIpc) is 2.36. The van der Waals surface area contributed by atoms with Gasteiger partial charge in [0, 0.05) is 0 Å². The monoisotopic (exact) mass is 313 g/mol. The van der Waals surface area contributed by atoms with E-state index in [4.69, 9.17) is 19.8 Å². The molecule has 0 aliphatic rings. The Bertz CT molecular complexity index is 496. The largest absolute Gasteiger partial charge is 0.493 e. The first-order chi connectivity index (χ1) is 8.53. The van der Waals surface area contributed by atoms with Crippen LogP contribution in [0.2, 0.25) is 0 Å². The normalized spacial score (nSPS) is 11.4. The quantitative estimate of drug-likeness (QED) is 0.904. The van der Waals surface area contributed by atoms with Gasteiger partial charge in [0.15, 0.2) is 17.6 Å². The van der Waals surface area contributed by atoms with Crippen LogP contribution in [0.5, 0.6) is 11.5 Å². The smallest absolute Gasteiger partial charge is 0.335 e. The second kappa shape index (κ2) is 6.26. The van der Waals surface area contributed by atoms with Crippen molar-refractivity contribution in [3.8, 4) is 17.6 Å². The summed E-state index contributed by atoms with van der Waals surface area (Å²) in [5.74, 6) is -0.459. The summed E-state index contributed by atoms with van der Waals surface area (Å²) in [5, 5.41) is 17.8. The van der Waals surface area contributed by atoms with Gasteiger partial charge >= 0.3 is 5.97 Å². The Morgan fingerprint density at radius 3 is 2.72 bits per heavy atom. The summed E-state index contributed by atoms with van der Waals surface area (Å²) in [6.45, 7) is 1.82. The average molecular weight is 314 g/mol. The fourth-order valence-corrected chi connectivity index (χ4v) is 1.84. The number of nitriles is 1. The molecule has 0 fully saturated rings. The third kappa shape index (κ3) is 3.14. The minimum atomic E-state index is -1.06. The number of aromatic carboxylic acids is 1. The van der Waals surface area contributed by atoms with E-state index >= 15 is 0 Å². The van der Waals surface area contributed by atoms with Crippen LogP contribution in [0.1, 0.15) is 23.7 Å². The Morgan fingerprint density at radius 2 is 2.28 bits per heavy atom. The number of rotatable bonds is 5. The molecule has 1 unspecified atom stereocenters. The molecule has 5 nitrogen and oxygen atoms in total. The molecule has 1 aromatic carbocycles. The molecule has 0 radical (unpaired) electrons. The Hall–Kier alpha value is -1.74. The zero-order valence-corrected chi connectivity index (χ0v) is 11.5. The molecule has 0 saturated carbocycles. The molecule has 0 saturated heterocycles. The molecule has 0 spiro atoms. The lowest BCUT2D eigenvalue weighted by Gasteiger charge is -2.15. The molecule has 6 heteroatoms. The van der Waals surface area contributed by atoms with Gasteiger partial charge in [-0.05, 0) is 34.5 Å². The van der Waals surface area contributed by atoms with Crippen molar-refractivity contribution in [3.63, 3.8) is 0 Å². The lowest BCUT2D eigenvalue weighted by atomic mass is 10.2. The summed E-state index contributed by atoms with van der Waals surface area (Å²) in [7, 11) is 1.41. The summed E-state index contributed by atoms with van der Waals surface area (Å²) >= 11 is 3.22. The van der Waals surface area contributed by atoms with Crippen molar-refractivity contribution in [1.29, 1.82) is 5.26 Å². The fraction of sp³-hybridized carbons (Fsp3) is 0.333. The second-order valence-corrected chi connectivity index (χ2v) is 4.29. The Kier molecular flexibility index (Phi) is 4.98. The van der Waals surface area contributed by atoms with E-state index in [9.17, 15) is 4.79 Å². The first kappa shape index (κ1) is 14.3. The Labute approximate surface area is 113 Å². The topological polar surface area (TPSA) is 79.5 Å². The zero-order chi connectivity index (χ0) is 13.7. The van der Waals surface area contributed by atoms with Crippen molar-refractivity contribution in [2.75, 3.05) is 7.11 Å². The highest BCUT2D eigenvalue weighted by Gasteiger charge is 2.17. The molecule has 0 bridgehead atoms. The van der Waals surface area contributed by atoms with Crippen molar-refractivity contribution >= 4 is 21.9 Å². The van der Waals surface area contributed by atoms with Gasteiger partial charge < -0.3 is 14.6 Å². The van der Waals surface area contributed by atoms with Crippen LogP contribution < -0.4 is 9.47 Å². The van der Waals surface area contributed by atoms with Crippen molar-refractivity contribution in [1.82, 2.24) is 0 Å². The van der Waals surface area contributed by atoms with Crippen LogP contribution in [0.25, 0.3) is 0 Å². The molecule has 0 aliphatic heterocycles. The van der Waals surface area contributed by atoms with Crippen LogP contribution >= 0.6 is 15.9 Å². The minimum absolute atomic E-state index is 0.0797. The van der Waals surface area contributed by atoms with E-state index < -0.39 is 12.1 Å². The standard InChI is InChI=1S/C12H12BrNO4/c1-3-8(6-14)18-11-9(13)4-7(12(15)16)5-10(11)17-2/h4-5,8H,3H2,1-2H3,(H,15,16). The third-order valence-corrected chi connectivity index (χ3v) is 2.84. The van der Waals surface area contributed by atoms with Crippen LogP contribution in [0.15, 0.2) is 16.6 Å². The van der Waals surface area contributed by atoms with Gasteiger partial charge in [-0.1, -0.05) is 6.92 Å². The molecular formula is C12H12BrNO4. The highest BCUT2D eigenvalue weighted by Crippen LogP contribution is 2.37. The highest BCUT2D eigenvalue weighted by atomic mass is 79.9. The lowest BCUT2D eigenvalue weighted by Crippen LogP contribution is -2.13. The van der Waals surface area contributed by atoms with Crippen LogP contribution in [0.3, 0.4) is 0 Å². The van der Waals surface area contributed by atoms with Gasteiger partial charge in [-0.2, -0.15) is 5.26 Å². The van der Waals surface area contributed by atoms with Gasteiger partial charge in [-0.15, -0.1) is 0 Å².